The van der Waals surface area contributed by atoms with Crippen LogP contribution in [-0.2, 0) is 11.3 Å². The highest BCUT2D eigenvalue weighted by Crippen LogP contribution is 2.16. The number of rotatable bonds is 4. The van der Waals surface area contributed by atoms with Gasteiger partial charge in [-0.15, -0.1) is 0 Å². The molecule has 63 valence electrons. The second-order valence-corrected chi connectivity index (χ2v) is 2.24. The van der Waals surface area contributed by atoms with Gasteiger partial charge in [0.2, 0.25) is 6.29 Å². The van der Waals surface area contributed by atoms with Gasteiger partial charge in [-0.3, -0.25) is 4.79 Å². The van der Waals surface area contributed by atoms with E-state index in [2.05, 4.69) is 0 Å². The Morgan fingerprint density at radius 1 is 1.42 bits per heavy atom. The van der Waals surface area contributed by atoms with Crippen molar-refractivity contribution in [1.29, 1.82) is 0 Å². The molecule has 0 aliphatic rings. The topological polar surface area (TPSA) is 52.3 Å². The van der Waals surface area contributed by atoms with Gasteiger partial charge < -0.3 is 10.5 Å². The number of carbonyl (C=O) groups excluding carboxylic acids is 1. The summed E-state index contributed by atoms with van der Waals surface area (Å²) in [4.78, 5) is 9.90. The summed E-state index contributed by atoms with van der Waals surface area (Å²) in [6.07, 6.45) is 1.65. The molecule has 3 nitrogen and oxygen atoms in total. The zero-order valence-electron chi connectivity index (χ0n) is 6.62. The number of para-hydroxylation sites is 1. The van der Waals surface area contributed by atoms with Crippen molar-refractivity contribution in [2.45, 2.75) is 6.54 Å². The van der Waals surface area contributed by atoms with E-state index in [-0.39, 0.29) is 6.61 Å². The molecule has 12 heavy (non-hydrogen) atoms. The number of hydrogen-bond donors (Lipinski definition) is 1. The van der Waals surface area contributed by atoms with E-state index in [9.17, 15) is 4.79 Å². The lowest BCUT2D eigenvalue weighted by Crippen LogP contribution is -2.03. The number of benzene rings is 1. The van der Waals surface area contributed by atoms with E-state index < -0.39 is 0 Å². The summed E-state index contributed by atoms with van der Waals surface area (Å²) in [5.41, 5.74) is 6.34. The second kappa shape index (κ2) is 4.51. The van der Waals surface area contributed by atoms with Gasteiger partial charge in [0.05, 0.1) is 0 Å². The molecule has 1 aromatic rings. The fraction of sp³-hybridized carbons (Fsp3) is 0.222. The summed E-state index contributed by atoms with van der Waals surface area (Å²) < 4.78 is 5.07. The zero-order valence-corrected chi connectivity index (χ0v) is 6.62. The molecule has 0 unspecified atom stereocenters. The maximum absolute atomic E-state index is 9.90. The molecule has 0 atom stereocenters. The van der Waals surface area contributed by atoms with Crippen LogP contribution < -0.4 is 10.5 Å². The van der Waals surface area contributed by atoms with E-state index in [1.165, 1.54) is 0 Å². The van der Waals surface area contributed by atoms with Gasteiger partial charge in [0.1, 0.15) is 5.75 Å². The molecular formula is C9H10NO2. The maximum Gasteiger partial charge on any atom is 0.239 e. The van der Waals surface area contributed by atoms with E-state index >= 15 is 0 Å². The molecule has 1 rings (SSSR count). The highest BCUT2D eigenvalue weighted by molar-refractivity contribution is 5.52. The van der Waals surface area contributed by atoms with Crippen LogP contribution in [0.2, 0.25) is 0 Å². The Kier molecular flexibility index (Phi) is 3.29. The Bertz CT molecular complexity index is 260. The van der Waals surface area contributed by atoms with Crippen molar-refractivity contribution < 1.29 is 9.53 Å². The molecule has 0 heterocycles. The predicted octanol–water partition coefficient (Wildman–Crippen LogP) is 0.634. The molecule has 0 saturated heterocycles. The summed E-state index contributed by atoms with van der Waals surface area (Å²) in [6.45, 7) is 0.367. The minimum absolute atomic E-state index is 0.0446. The van der Waals surface area contributed by atoms with Gasteiger partial charge in [0.15, 0.2) is 6.61 Å². The van der Waals surface area contributed by atoms with Crippen molar-refractivity contribution in [2.75, 3.05) is 6.61 Å². The van der Waals surface area contributed by atoms with Gasteiger partial charge in [-0.2, -0.15) is 0 Å². The van der Waals surface area contributed by atoms with E-state index in [1.807, 2.05) is 18.2 Å². The van der Waals surface area contributed by atoms with Gasteiger partial charge in [0, 0.05) is 12.1 Å². The summed E-state index contributed by atoms with van der Waals surface area (Å²) in [7, 11) is 0. The van der Waals surface area contributed by atoms with Gasteiger partial charge >= 0.3 is 0 Å². The fourth-order valence-electron chi connectivity index (χ4n) is 0.920. The number of nitrogens with two attached hydrogens (primary N) is 1. The molecule has 0 saturated carbocycles. The zero-order chi connectivity index (χ0) is 8.81. The standard InChI is InChI=1S/C9H10NO2/c10-7-8-3-1-2-4-9(8)12-6-5-11/h1-4H,6-7,10H2. The minimum atomic E-state index is -0.0446. The molecule has 2 N–H and O–H groups in total. The van der Waals surface area contributed by atoms with Crippen molar-refractivity contribution in [2.24, 2.45) is 5.73 Å². The molecule has 0 amide bonds. The first-order valence-corrected chi connectivity index (χ1v) is 3.64. The third-order valence-corrected chi connectivity index (χ3v) is 1.48. The van der Waals surface area contributed by atoms with Crippen LogP contribution in [0.1, 0.15) is 5.56 Å². The van der Waals surface area contributed by atoms with Crippen molar-refractivity contribution in [3.05, 3.63) is 29.8 Å². The first kappa shape index (κ1) is 8.74. The van der Waals surface area contributed by atoms with Gasteiger partial charge in [-0.25, -0.2) is 0 Å². The SMILES string of the molecule is NCc1ccccc1OC[C]=O. The van der Waals surface area contributed by atoms with Crippen LogP contribution in [0.5, 0.6) is 5.75 Å². The first-order chi connectivity index (χ1) is 5.88. The van der Waals surface area contributed by atoms with Crippen LogP contribution in [-0.4, -0.2) is 12.9 Å². The smallest absolute Gasteiger partial charge is 0.239 e. The average molecular weight is 164 g/mol. The highest BCUT2D eigenvalue weighted by Gasteiger charge is 1.98. The normalized spacial score (nSPS) is 9.42. The number of ether oxygens (including phenoxy) is 1. The molecule has 0 aromatic heterocycles. The van der Waals surface area contributed by atoms with E-state index in [0.717, 1.165) is 5.56 Å². The first-order valence-electron chi connectivity index (χ1n) is 3.64. The molecule has 0 bridgehead atoms. The van der Waals surface area contributed by atoms with E-state index in [4.69, 9.17) is 10.5 Å². The lowest BCUT2D eigenvalue weighted by molar-refractivity contribution is 0.361. The quantitative estimate of drug-likeness (QED) is 0.710. The van der Waals surface area contributed by atoms with Crippen LogP contribution in [0.4, 0.5) is 0 Å². The summed E-state index contributed by atoms with van der Waals surface area (Å²) in [5.74, 6) is 0.656. The monoisotopic (exact) mass is 164 g/mol. The average Bonchev–Trinajstić information content (AvgIpc) is 2.15. The molecule has 1 radical (unpaired) electrons. The van der Waals surface area contributed by atoms with E-state index in [0.29, 0.717) is 12.3 Å². The fourth-order valence-corrected chi connectivity index (χ4v) is 0.920. The Morgan fingerprint density at radius 3 is 2.83 bits per heavy atom. The van der Waals surface area contributed by atoms with Crippen molar-refractivity contribution >= 4 is 6.29 Å². The summed E-state index contributed by atoms with van der Waals surface area (Å²) in [6, 6.07) is 7.35. The molecule has 1 aromatic carbocycles. The Morgan fingerprint density at radius 2 is 2.17 bits per heavy atom. The Balaban J connectivity index is 2.74. The number of hydrogen-bond acceptors (Lipinski definition) is 3. The lowest BCUT2D eigenvalue weighted by atomic mass is 10.2. The molecule has 3 heteroatoms. The minimum Gasteiger partial charge on any atom is -0.485 e. The molecule has 0 aliphatic carbocycles. The molecular weight excluding hydrogens is 154 g/mol. The molecule has 0 spiro atoms. The Labute approximate surface area is 71.1 Å². The Hall–Kier alpha value is -1.35. The van der Waals surface area contributed by atoms with Crippen LogP contribution in [0.25, 0.3) is 0 Å². The highest BCUT2D eigenvalue weighted by atomic mass is 16.5. The maximum atomic E-state index is 9.90. The molecule has 0 aliphatic heterocycles. The summed E-state index contributed by atoms with van der Waals surface area (Å²) >= 11 is 0. The van der Waals surface area contributed by atoms with Crippen molar-refractivity contribution in [3.8, 4) is 5.75 Å². The third kappa shape index (κ3) is 2.07. The van der Waals surface area contributed by atoms with Crippen molar-refractivity contribution in [3.63, 3.8) is 0 Å². The van der Waals surface area contributed by atoms with Crippen LogP contribution in [0.15, 0.2) is 24.3 Å². The second-order valence-electron chi connectivity index (χ2n) is 2.24. The molecule has 0 fully saturated rings. The van der Waals surface area contributed by atoms with E-state index in [1.54, 1.807) is 12.4 Å². The van der Waals surface area contributed by atoms with Crippen LogP contribution in [0.3, 0.4) is 0 Å². The summed E-state index contributed by atoms with van der Waals surface area (Å²) in [5, 5.41) is 0. The van der Waals surface area contributed by atoms with Crippen LogP contribution >= 0.6 is 0 Å². The predicted molar refractivity (Wildman–Crippen MR) is 45.5 cm³/mol. The largest absolute Gasteiger partial charge is 0.485 e. The third-order valence-electron chi connectivity index (χ3n) is 1.48. The van der Waals surface area contributed by atoms with Gasteiger partial charge in [0.25, 0.3) is 0 Å². The lowest BCUT2D eigenvalue weighted by Gasteiger charge is -2.05. The van der Waals surface area contributed by atoms with Gasteiger partial charge in [-0.1, -0.05) is 18.2 Å². The van der Waals surface area contributed by atoms with Crippen LogP contribution in [0, 0.1) is 0 Å². The van der Waals surface area contributed by atoms with Gasteiger partial charge in [-0.05, 0) is 6.07 Å². The van der Waals surface area contributed by atoms with Crippen molar-refractivity contribution in [1.82, 2.24) is 0 Å².